The fourth-order valence-corrected chi connectivity index (χ4v) is 4.31. The monoisotopic (exact) mass is 596 g/mol. The van der Waals surface area contributed by atoms with Gasteiger partial charge in [-0.25, -0.2) is 14.3 Å². The normalized spacial score (nSPS) is 17.8. The van der Waals surface area contributed by atoms with E-state index < -0.39 is 41.2 Å². The molecule has 0 radical (unpaired) electrons. The SMILES string of the molecule is Cc1c(Cc2ccc(F)c(C(=O)N3CCN(C4CCOC4)C(=O)C3)c2)n[nH]c(=O)c1C(F)(F)F.O=C(O)C(F)(F)F. The fourth-order valence-electron chi connectivity index (χ4n) is 4.31. The molecule has 2 amide bonds. The molecule has 2 saturated heterocycles. The Morgan fingerprint density at radius 3 is 2.34 bits per heavy atom. The van der Waals surface area contributed by atoms with E-state index in [0.717, 1.165) is 19.4 Å². The van der Waals surface area contributed by atoms with Gasteiger partial charge in [0.1, 0.15) is 17.9 Å². The highest BCUT2D eigenvalue weighted by molar-refractivity contribution is 5.97. The topological polar surface area (TPSA) is 133 Å². The molecule has 2 aliphatic heterocycles. The molecule has 2 N–H and O–H groups in total. The standard InChI is InChI=1S/C22H22F4N4O4.C2HF3O2/c1-12-17(27-28-20(32)19(12)22(24,25)26)9-13-2-3-16(23)15(8-13)21(33)29-5-6-30(18(31)10-29)14-4-7-34-11-14;3-2(4,5)1(6)7/h2-3,8,14H,4-7,9-11H2,1H3,(H,28,32);(H,6,7). The lowest BCUT2D eigenvalue weighted by atomic mass is 10.0. The minimum Gasteiger partial charge on any atom is -0.475 e. The average Bonchev–Trinajstić information content (AvgIpc) is 3.40. The van der Waals surface area contributed by atoms with Gasteiger partial charge >= 0.3 is 18.3 Å². The van der Waals surface area contributed by atoms with Crippen molar-refractivity contribution >= 4 is 17.8 Å². The first-order valence-electron chi connectivity index (χ1n) is 11.9. The van der Waals surface area contributed by atoms with Crippen LogP contribution in [0.3, 0.4) is 0 Å². The molecule has 4 rings (SSSR count). The highest BCUT2D eigenvalue weighted by atomic mass is 19.4. The van der Waals surface area contributed by atoms with Crippen molar-refractivity contribution < 1.29 is 55.0 Å². The highest BCUT2D eigenvalue weighted by Crippen LogP contribution is 2.30. The predicted molar refractivity (Wildman–Crippen MR) is 124 cm³/mol. The Balaban J connectivity index is 0.000000587. The molecule has 2 fully saturated rings. The maximum absolute atomic E-state index is 14.5. The zero-order valence-corrected chi connectivity index (χ0v) is 21.2. The minimum absolute atomic E-state index is 0.0283. The zero-order chi connectivity index (χ0) is 30.7. The van der Waals surface area contributed by atoms with Crippen molar-refractivity contribution in [2.75, 3.05) is 32.8 Å². The van der Waals surface area contributed by atoms with Crippen LogP contribution in [0.5, 0.6) is 0 Å². The van der Waals surface area contributed by atoms with Gasteiger partial charge in [-0.1, -0.05) is 6.07 Å². The molecule has 1 aromatic carbocycles. The number of aromatic nitrogens is 2. The summed E-state index contributed by atoms with van der Waals surface area (Å²) in [6.07, 6.45) is -9.39. The summed E-state index contributed by atoms with van der Waals surface area (Å²) in [6.45, 7) is 2.49. The third-order valence-electron chi connectivity index (χ3n) is 6.38. The number of carboxylic acids is 1. The van der Waals surface area contributed by atoms with Crippen molar-refractivity contribution in [1.29, 1.82) is 0 Å². The van der Waals surface area contributed by atoms with Gasteiger partial charge in [0.15, 0.2) is 0 Å². The second kappa shape index (κ2) is 12.2. The number of amides is 2. The van der Waals surface area contributed by atoms with E-state index in [9.17, 15) is 45.1 Å². The van der Waals surface area contributed by atoms with Crippen LogP contribution in [0.25, 0.3) is 0 Å². The number of ether oxygens (including phenoxy) is 1. The number of nitrogens with one attached hydrogen (secondary N) is 1. The molecule has 2 aromatic rings. The highest BCUT2D eigenvalue weighted by Gasteiger charge is 2.39. The summed E-state index contributed by atoms with van der Waals surface area (Å²) in [5.74, 6) is -4.50. The van der Waals surface area contributed by atoms with Crippen LogP contribution in [0.15, 0.2) is 23.0 Å². The Labute approximate surface area is 226 Å². The molecule has 0 bridgehead atoms. The smallest absolute Gasteiger partial charge is 0.475 e. The number of benzene rings is 1. The van der Waals surface area contributed by atoms with Gasteiger partial charge in [0.25, 0.3) is 11.5 Å². The molecule has 41 heavy (non-hydrogen) atoms. The number of carboxylic acid groups (broad SMARTS) is 1. The molecular formula is C24H23F7N4O6. The van der Waals surface area contributed by atoms with E-state index in [4.69, 9.17) is 14.6 Å². The molecule has 0 aliphatic carbocycles. The van der Waals surface area contributed by atoms with Gasteiger partial charge in [-0.3, -0.25) is 14.4 Å². The molecule has 0 spiro atoms. The number of H-pyrrole nitrogens is 1. The summed E-state index contributed by atoms with van der Waals surface area (Å²) < 4.78 is 91.2. The maximum atomic E-state index is 14.5. The number of hydrogen-bond acceptors (Lipinski definition) is 6. The Morgan fingerprint density at radius 2 is 1.80 bits per heavy atom. The summed E-state index contributed by atoms with van der Waals surface area (Å²) in [5.41, 5.74) is -3.06. The molecule has 3 heterocycles. The van der Waals surface area contributed by atoms with E-state index in [2.05, 4.69) is 5.10 Å². The molecule has 224 valence electrons. The van der Waals surface area contributed by atoms with E-state index in [0.29, 0.717) is 25.3 Å². The molecule has 1 unspecified atom stereocenters. The quantitative estimate of drug-likeness (QED) is 0.519. The van der Waals surface area contributed by atoms with E-state index in [1.165, 1.54) is 17.0 Å². The molecule has 0 saturated carbocycles. The van der Waals surface area contributed by atoms with Crippen LogP contribution >= 0.6 is 0 Å². The molecule has 2 aliphatic rings. The number of aliphatic carboxylic acids is 1. The first-order chi connectivity index (χ1) is 19.0. The molecule has 10 nitrogen and oxygen atoms in total. The number of carbonyl (C=O) groups is 3. The molecular weight excluding hydrogens is 573 g/mol. The van der Waals surface area contributed by atoms with Gasteiger partial charge < -0.3 is 19.6 Å². The van der Waals surface area contributed by atoms with Crippen molar-refractivity contribution in [1.82, 2.24) is 20.0 Å². The Kier molecular flexibility index (Phi) is 9.40. The number of nitrogens with zero attached hydrogens (tertiary/aromatic N) is 3. The predicted octanol–water partition coefficient (Wildman–Crippen LogP) is 2.53. The molecule has 1 aromatic heterocycles. The molecule has 17 heteroatoms. The Hall–Kier alpha value is -4.02. The second-order valence-corrected chi connectivity index (χ2v) is 9.12. The van der Waals surface area contributed by atoms with Crippen LogP contribution in [0, 0.1) is 12.7 Å². The number of piperazine rings is 1. The number of rotatable bonds is 4. The number of alkyl halides is 6. The minimum atomic E-state index is -5.08. The third kappa shape index (κ3) is 7.59. The van der Waals surface area contributed by atoms with Crippen molar-refractivity contribution in [2.24, 2.45) is 0 Å². The number of aromatic amines is 1. The van der Waals surface area contributed by atoms with Crippen LogP contribution in [-0.4, -0.2) is 88.0 Å². The van der Waals surface area contributed by atoms with E-state index in [1.807, 2.05) is 5.10 Å². The zero-order valence-electron chi connectivity index (χ0n) is 21.2. The lowest BCUT2D eigenvalue weighted by Crippen LogP contribution is -2.55. The second-order valence-electron chi connectivity index (χ2n) is 9.12. The van der Waals surface area contributed by atoms with Crippen molar-refractivity contribution in [2.45, 2.75) is 38.2 Å². The average molecular weight is 596 g/mol. The Bertz CT molecular complexity index is 1370. The number of halogens is 7. The van der Waals surface area contributed by atoms with Crippen molar-refractivity contribution in [3.63, 3.8) is 0 Å². The van der Waals surface area contributed by atoms with Gasteiger partial charge in [0.05, 0.1) is 23.9 Å². The Morgan fingerprint density at radius 1 is 1.15 bits per heavy atom. The fraction of sp³-hybridized carbons (Fsp3) is 0.458. The first-order valence-corrected chi connectivity index (χ1v) is 11.9. The van der Waals surface area contributed by atoms with E-state index in [1.54, 1.807) is 4.90 Å². The van der Waals surface area contributed by atoms with Crippen LogP contribution in [0.2, 0.25) is 0 Å². The lowest BCUT2D eigenvalue weighted by molar-refractivity contribution is -0.192. The van der Waals surface area contributed by atoms with Gasteiger partial charge in [-0.15, -0.1) is 0 Å². The van der Waals surface area contributed by atoms with E-state index >= 15 is 0 Å². The number of hydrogen-bond donors (Lipinski definition) is 2. The number of carbonyl (C=O) groups excluding carboxylic acids is 2. The van der Waals surface area contributed by atoms with Crippen LogP contribution in [0.1, 0.15) is 39.2 Å². The van der Waals surface area contributed by atoms with Gasteiger partial charge in [-0.05, 0) is 36.6 Å². The summed E-state index contributed by atoms with van der Waals surface area (Å²) in [4.78, 5) is 49.0. The maximum Gasteiger partial charge on any atom is 0.490 e. The van der Waals surface area contributed by atoms with Gasteiger partial charge in [0.2, 0.25) is 5.91 Å². The largest absolute Gasteiger partial charge is 0.490 e. The third-order valence-corrected chi connectivity index (χ3v) is 6.38. The van der Waals surface area contributed by atoms with E-state index in [-0.39, 0.29) is 48.3 Å². The summed E-state index contributed by atoms with van der Waals surface area (Å²) in [7, 11) is 0. The summed E-state index contributed by atoms with van der Waals surface area (Å²) in [6, 6.07) is 3.58. The van der Waals surface area contributed by atoms with Crippen LogP contribution < -0.4 is 5.56 Å². The van der Waals surface area contributed by atoms with Crippen molar-refractivity contribution in [3.05, 3.63) is 62.3 Å². The van der Waals surface area contributed by atoms with Gasteiger partial charge in [-0.2, -0.15) is 31.4 Å². The first kappa shape index (κ1) is 31.5. The summed E-state index contributed by atoms with van der Waals surface area (Å²) >= 11 is 0. The lowest BCUT2D eigenvalue weighted by Gasteiger charge is -2.37. The summed E-state index contributed by atoms with van der Waals surface area (Å²) in [5, 5.41) is 12.7. The van der Waals surface area contributed by atoms with Crippen LogP contribution in [-0.2, 0) is 26.9 Å². The van der Waals surface area contributed by atoms with Gasteiger partial charge in [0, 0.05) is 26.1 Å². The van der Waals surface area contributed by atoms with Crippen molar-refractivity contribution in [3.8, 4) is 0 Å². The molecule has 1 atom stereocenters. The van der Waals surface area contributed by atoms with Crippen LogP contribution in [0.4, 0.5) is 30.7 Å².